The summed E-state index contributed by atoms with van der Waals surface area (Å²) in [4.78, 5) is 0.267. The molecule has 2 atom stereocenters. The molecular weight excluding hydrogens is 308 g/mol. The van der Waals surface area contributed by atoms with E-state index in [1.165, 1.54) is 0 Å². The van der Waals surface area contributed by atoms with Crippen molar-refractivity contribution in [3.8, 4) is 0 Å². The van der Waals surface area contributed by atoms with E-state index in [-0.39, 0.29) is 10.9 Å². The fraction of sp³-hybridized carbons (Fsp3) is 0.571. The first-order valence-electron chi connectivity index (χ1n) is 7.01. The maximum Gasteiger partial charge on any atom is 0.240 e. The van der Waals surface area contributed by atoms with Crippen molar-refractivity contribution in [3.63, 3.8) is 0 Å². The van der Waals surface area contributed by atoms with Crippen LogP contribution in [0.1, 0.15) is 26.7 Å². The van der Waals surface area contributed by atoms with E-state index in [4.69, 9.17) is 0 Å². The van der Waals surface area contributed by atoms with Crippen molar-refractivity contribution in [2.24, 2.45) is 0 Å². The Morgan fingerprint density at radius 1 is 1.24 bits per heavy atom. The Morgan fingerprint density at radius 3 is 2.38 bits per heavy atom. The number of anilines is 1. The normalized spacial score (nSPS) is 14.6. The van der Waals surface area contributed by atoms with Crippen LogP contribution in [0.4, 0.5) is 5.69 Å². The lowest BCUT2D eigenvalue weighted by Crippen LogP contribution is -2.24. The van der Waals surface area contributed by atoms with Gasteiger partial charge in [-0.05, 0) is 44.0 Å². The van der Waals surface area contributed by atoms with Crippen molar-refractivity contribution < 1.29 is 12.6 Å². The van der Waals surface area contributed by atoms with E-state index in [0.717, 1.165) is 18.5 Å². The lowest BCUT2D eigenvalue weighted by atomic mass is 10.2. The summed E-state index contributed by atoms with van der Waals surface area (Å²) in [6.07, 6.45) is 3.26. The summed E-state index contributed by atoms with van der Waals surface area (Å²) < 4.78 is 37.5. The Kier molecular flexibility index (Phi) is 7.34. The highest BCUT2D eigenvalue weighted by molar-refractivity contribution is 7.89. The average molecular weight is 332 g/mol. The molecular formula is C14H24N2O3S2. The Bertz CT molecular complexity index is 556. The third-order valence-corrected chi connectivity index (χ3v) is 5.25. The Hall–Kier alpha value is -0.920. The first-order valence-corrected chi connectivity index (χ1v) is 10.2. The van der Waals surface area contributed by atoms with Crippen LogP contribution in [0.5, 0.6) is 0 Å². The zero-order chi connectivity index (χ0) is 15.9. The van der Waals surface area contributed by atoms with Crippen LogP contribution in [0.25, 0.3) is 0 Å². The summed E-state index contributed by atoms with van der Waals surface area (Å²) in [7, 11) is -4.20. The van der Waals surface area contributed by atoms with Crippen molar-refractivity contribution in [2.75, 3.05) is 23.9 Å². The number of rotatable bonds is 9. The van der Waals surface area contributed by atoms with Crippen LogP contribution in [0.15, 0.2) is 29.2 Å². The standard InChI is InChI=1S/C14H24N2O3S2/c1-4-10-15-21(18,19)14-7-5-13(6-8-14)16-12(2)9-11-20(3)17/h5-8,12,15-16H,4,9-11H2,1-3H3. The average Bonchev–Trinajstić information content (AvgIpc) is 2.43. The monoisotopic (exact) mass is 332 g/mol. The van der Waals surface area contributed by atoms with E-state index >= 15 is 0 Å². The summed E-state index contributed by atoms with van der Waals surface area (Å²) >= 11 is 0. The molecule has 0 aromatic heterocycles. The molecule has 0 heterocycles. The highest BCUT2D eigenvalue weighted by atomic mass is 32.2. The number of benzene rings is 1. The van der Waals surface area contributed by atoms with Crippen LogP contribution in [-0.2, 0) is 20.8 Å². The molecule has 1 aromatic carbocycles. The molecule has 0 aliphatic heterocycles. The van der Waals surface area contributed by atoms with E-state index < -0.39 is 20.8 Å². The van der Waals surface area contributed by atoms with Crippen LogP contribution in [0.2, 0.25) is 0 Å². The minimum Gasteiger partial charge on any atom is -0.383 e. The second-order valence-electron chi connectivity index (χ2n) is 5.03. The summed E-state index contributed by atoms with van der Waals surface area (Å²) in [5.74, 6) is 0.654. The van der Waals surface area contributed by atoms with Gasteiger partial charge in [-0.25, -0.2) is 13.1 Å². The van der Waals surface area contributed by atoms with Gasteiger partial charge in [0, 0.05) is 41.1 Å². The van der Waals surface area contributed by atoms with Crippen molar-refractivity contribution in [1.29, 1.82) is 0 Å². The van der Waals surface area contributed by atoms with Gasteiger partial charge in [-0.15, -0.1) is 0 Å². The molecule has 0 aliphatic rings. The molecule has 1 aromatic rings. The number of hydrogen-bond donors (Lipinski definition) is 2. The van der Waals surface area contributed by atoms with E-state index in [2.05, 4.69) is 10.0 Å². The van der Waals surface area contributed by atoms with Crippen molar-refractivity contribution in [3.05, 3.63) is 24.3 Å². The van der Waals surface area contributed by atoms with Gasteiger partial charge in [0.25, 0.3) is 0 Å². The molecule has 0 bridgehead atoms. The zero-order valence-corrected chi connectivity index (χ0v) is 14.4. The molecule has 0 fully saturated rings. The lowest BCUT2D eigenvalue weighted by molar-refractivity contribution is 0.581. The molecule has 2 N–H and O–H groups in total. The fourth-order valence-corrected chi connectivity index (χ4v) is 3.57. The highest BCUT2D eigenvalue weighted by Gasteiger charge is 2.12. The van der Waals surface area contributed by atoms with Gasteiger partial charge in [-0.1, -0.05) is 6.92 Å². The van der Waals surface area contributed by atoms with Gasteiger partial charge in [-0.3, -0.25) is 4.21 Å². The third kappa shape index (κ3) is 6.58. The smallest absolute Gasteiger partial charge is 0.240 e. The van der Waals surface area contributed by atoms with Crippen molar-refractivity contribution >= 4 is 26.5 Å². The quantitative estimate of drug-likeness (QED) is 0.725. The molecule has 120 valence electrons. The number of nitrogens with one attached hydrogen (secondary N) is 2. The van der Waals surface area contributed by atoms with Gasteiger partial charge in [0.1, 0.15) is 0 Å². The van der Waals surface area contributed by atoms with Gasteiger partial charge in [0.05, 0.1) is 4.90 Å². The Morgan fingerprint density at radius 2 is 1.86 bits per heavy atom. The summed E-state index contributed by atoms with van der Waals surface area (Å²) in [6, 6.07) is 6.87. The molecule has 0 saturated heterocycles. The Balaban J connectivity index is 2.63. The van der Waals surface area contributed by atoms with Crippen LogP contribution >= 0.6 is 0 Å². The molecule has 1 rings (SSSR count). The predicted molar refractivity (Wildman–Crippen MR) is 88.6 cm³/mol. The topological polar surface area (TPSA) is 75.3 Å². The molecule has 0 spiro atoms. The van der Waals surface area contributed by atoms with Crippen LogP contribution in [-0.4, -0.2) is 37.2 Å². The largest absolute Gasteiger partial charge is 0.383 e. The van der Waals surface area contributed by atoms with Gasteiger partial charge in [0.15, 0.2) is 0 Å². The summed E-state index contributed by atoms with van der Waals surface area (Å²) in [5, 5.41) is 3.27. The van der Waals surface area contributed by atoms with Gasteiger partial charge in [-0.2, -0.15) is 0 Å². The van der Waals surface area contributed by atoms with Gasteiger partial charge >= 0.3 is 0 Å². The van der Waals surface area contributed by atoms with E-state index in [9.17, 15) is 12.6 Å². The molecule has 5 nitrogen and oxygen atoms in total. The van der Waals surface area contributed by atoms with Crippen molar-refractivity contribution in [1.82, 2.24) is 4.72 Å². The molecule has 0 saturated carbocycles. The van der Waals surface area contributed by atoms with E-state index in [1.54, 1.807) is 30.5 Å². The lowest BCUT2D eigenvalue weighted by Gasteiger charge is -2.15. The fourth-order valence-electron chi connectivity index (χ4n) is 1.75. The first-order chi connectivity index (χ1) is 9.85. The first kappa shape index (κ1) is 18.1. The van der Waals surface area contributed by atoms with E-state index in [1.807, 2.05) is 13.8 Å². The van der Waals surface area contributed by atoms with Crippen LogP contribution in [0.3, 0.4) is 0 Å². The van der Waals surface area contributed by atoms with Gasteiger partial charge < -0.3 is 5.32 Å². The molecule has 21 heavy (non-hydrogen) atoms. The molecule has 0 amide bonds. The Labute approximate surface area is 130 Å². The van der Waals surface area contributed by atoms with Crippen molar-refractivity contribution in [2.45, 2.75) is 37.6 Å². The maximum atomic E-state index is 11.9. The zero-order valence-electron chi connectivity index (χ0n) is 12.8. The molecule has 0 radical (unpaired) electrons. The maximum absolute atomic E-state index is 11.9. The second kappa shape index (κ2) is 8.51. The minimum atomic E-state index is -3.41. The highest BCUT2D eigenvalue weighted by Crippen LogP contribution is 2.15. The summed E-state index contributed by atoms with van der Waals surface area (Å²) in [5.41, 5.74) is 0.860. The van der Waals surface area contributed by atoms with Crippen LogP contribution in [0, 0.1) is 0 Å². The van der Waals surface area contributed by atoms with E-state index in [0.29, 0.717) is 12.3 Å². The summed E-state index contributed by atoms with van der Waals surface area (Å²) in [6.45, 7) is 4.37. The minimum absolute atomic E-state index is 0.189. The SMILES string of the molecule is CCCNS(=O)(=O)c1ccc(NC(C)CCS(C)=O)cc1. The second-order valence-corrected chi connectivity index (χ2v) is 8.36. The van der Waals surface area contributed by atoms with Crippen LogP contribution < -0.4 is 10.0 Å². The third-order valence-electron chi connectivity index (χ3n) is 2.96. The molecule has 7 heteroatoms. The number of hydrogen-bond acceptors (Lipinski definition) is 4. The van der Waals surface area contributed by atoms with Gasteiger partial charge in [0.2, 0.25) is 10.0 Å². The number of sulfonamides is 1. The predicted octanol–water partition coefficient (Wildman–Crippen LogP) is 1.94. The molecule has 2 unspecified atom stereocenters. The molecule has 0 aliphatic carbocycles.